The Bertz CT molecular complexity index is 1060. The van der Waals surface area contributed by atoms with Gasteiger partial charge in [-0.1, -0.05) is 59.8 Å². The highest BCUT2D eigenvalue weighted by Gasteiger charge is 2.40. The van der Waals surface area contributed by atoms with Crippen LogP contribution in [0, 0.1) is 0 Å². The fourth-order valence-corrected chi connectivity index (χ4v) is 5.72. The van der Waals surface area contributed by atoms with E-state index in [4.69, 9.17) is 11.6 Å². The number of aliphatic hydroxyl groups is 1. The van der Waals surface area contributed by atoms with Crippen LogP contribution in [0.15, 0.2) is 68.6 Å². The third-order valence-electron chi connectivity index (χ3n) is 4.76. The van der Waals surface area contributed by atoms with Gasteiger partial charge in [0, 0.05) is 17.4 Å². The van der Waals surface area contributed by atoms with Gasteiger partial charge in [-0.15, -0.1) is 11.3 Å². The largest absolute Gasteiger partial charge is 0.480 e. The van der Waals surface area contributed by atoms with Crippen LogP contribution in [-0.2, 0) is 11.2 Å². The molecule has 2 bridgehead atoms. The van der Waals surface area contributed by atoms with Crippen molar-refractivity contribution in [1.29, 1.82) is 0 Å². The Labute approximate surface area is 182 Å². The predicted molar refractivity (Wildman–Crippen MR) is 117 cm³/mol. The molecule has 8 heteroatoms. The van der Waals surface area contributed by atoms with Gasteiger partial charge in [-0.2, -0.15) is 0 Å². The zero-order valence-electron chi connectivity index (χ0n) is 15.8. The number of allylic oxidation sites excluding steroid dienone is 4. The minimum absolute atomic E-state index is 0.317. The van der Waals surface area contributed by atoms with E-state index in [1.54, 1.807) is 13.8 Å². The first-order valence-electron chi connectivity index (χ1n) is 9.00. The van der Waals surface area contributed by atoms with E-state index < -0.39 is 16.9 Å². The number of aliphatic hydroxyl groups excluding tert-OH is 1. The van der Waals surface area contributed by atoms with Crippen molar-refractivity contribution in [3.63, 3.8) is 0 Å². The van der Waals surface area contributed by atoms with E-state index in [0.29, 0.717) is 15.8 Å². The Morgan fingerprint density at radius 1 is 1.31 bits per heavy atom. The normalized spacial score (nSPS) is 16.9. The Balaban J connectivity index is 1.48. The van der Waals surface area contributed by atoms with Crippen molar-refractivity contribution >= 4 is 46.2 Å². The quantitative estimate of drug-likeness (QED) is 0.600. The number of carboxylic acid groups (broad SMARTS) is 1. The van der Waals surface area contributed by atoms with E-state index >= 15 is 0 Å². The predicted octanol–water partition coefficient (Wildman–Crippen LogP) is 4.71. The molecule has 3 heterocycles. The number of thiazole rings is 1. The molecule has 2 N–H and O–H groups in total. The fourth-order valence-electron chi connectivity index (χ4n) is 3.17. The number of thioether (sulfide) groups is 1. The Morgan fingerprint density at radius 3 is 2.69 bits per heavy atom. The molecule has 1 aromatic carbocycles. The molecule has 0 spiro atoms. The summed E-state index contributed by atoms with van der Waals surface area (Å²) >= 11 is 9.05. The maximum atomic E-state index is 11.3. The van der Waals surface area contributed by atoms with Crippen LogP contribution in [-0.4, -0.2) is 37.0 Å². The van der Waals surface area contributed by atoms with E-state index in [9.17, 15) is 15.0 Å². The topological polar surface area (TPSA) is 73.7 Å². The van der Waals surface area contributed by atoms with Crippen LogP contribution in [0.2, 0.25) is 0 Å². The summed E-state index contributed by atoms with van der Waals surface area (Å²) in [7, 11) is 0. The van der Waals surface area contributed by atoms with Crippen LogP contribution in [0.4, 0.5) is 0 Å². The average molecular weight is 447 g/mol. The molecule has 1 aromatic heterocycles. The summed E-state index contributed by atoms with van der Waals surface area (Å²) in [6.07, 6.45) is 3.44. The monoisotopic (exact) mass is 446 g/mol. The molecule has 150 valence electrons. The lowest BCUT2D eigenvalue weighted by molar-refractivity contribution is -0.138. The van der Waals surface area contributed by atoms with Gasteiger partial charge in [0.1, 0.15) is 11.0 Å². The Kier molecular flexibility index (Phi) is 5.33. The van der Waals surface area contributed by atoms with Gasteiger partial charge >= 0.3 is 5.97 Å². The molecule has 0 radical (unpaired) electrons. The lowest BCUT2D eigenvalue weighted by Crippen LogP contribution is -2.43. The standard InChI is InChI=1S/C21H19ClN2O3S2/c1-21(2,19(26)27)29-20-23-13(11-28-20)10-16(25)24-15-9-8-14(18(24)17(15)22)12-6-4-3-5-7-12/h3-9,11,16,25H,10H2,1-2H3,(H,26,27). The van der Waals surface area contributed by atoms with Crippen LogP contribution in [0.1, 0.15) is 25.1 Å². The van der Waals surface area contributed by atoms with Crippen LogP contribution in [0.5, 0.6) is 0 Å². The number of halogens is 1. The van der Waals surface area contributed by atoms with E-state index in [0.717, 1.165) is 28.2 Å². The molecule has 4 rings (SSSR count). The number of aromatic nitrogens is 1. The number of hydrogen-bond donors (Lipinski definition) is 2. The number of rotatable bonds is 7. The molecule has 0 amide bonds. The van der Waals surface area contributed by atoms with Crippen molar-refractivity contribution in [3.05, 3.63) is 75.5 Å². The third kappa shape index (κ3) is 3.75. The van der Waals surface area contributed by atoms with E-state index in [1.807, 2.05) is 52.8 Å². The third-order valence-corrected chi connectivity index (χ3v) is 7.30. The van der Waals surface area contributed by atoms with Crippen molar-refractivity contribution < 1.29 is 15.0 Å². The van der Waals surface area contributed by atoms with Crippen molar-refractivity contribution in [3.8, 4) is 0 Å². The van der Waals surface area contributed by atoms with Gasteiger partial charge < -0.3 is 15.1 Å². The second-order valence-electron chi connectivity index (χ2n) is 7.24. The number of aliphatic carboxylic acids is 1. The second kappa shape index (κ2) is 7.65. The summed E-state index contributed by atoms with van der Waals surface area (Å²) in [4.78, 5) is 17.6. The lowest BCUT2D eigenvalue weighted by Gasteiger charge is -2.45. The Morgan fingerprint density at radius 2 is 2.03 bits per heavy atom. The SMILES string of the molecule is CC(C)(Sc1nc(CC(O)N2c3ccc(-c4ccccc4)c2c3Cl)cs1)C(=O)O. The van der Waals surface area contributed by atoms with Crippen LogP contribution in [0.25, 0.3) is 5.57 Å². The fraction of sp³-hybridized carbons (Fsp3) is 0.238. The minimum atomic E-state index is -0.958. The summed E-state index contributed by atoms with van der Waals surface area (Å²) in [5.74, 6) is -0.888. The van der Waals surface area contributed by atoms with Gasteiger partial charge in [0.25, 0.3) is 0 Å². The molecule has 2 aliphatic heterocycles. The highest BCUT2D eigenvalue weighted by Crippen LogP contribution is 2.49. The lowest BCUT2D eigenvalue weighted by atomic mass is 9.90. The second-order valence-corrected chi connectivity index (χ2v) is 10.3. The molecule has 1 atom stereocenters. The van der Waals surface area contributed by atoms with E-state index in [-0.39, 0.29) is 0 Å². The molecule has 2 aromatic rings. The summed E-state index contributed by atoms with van der Waals surface area (Å²) in [6, 6.07) is 9.92. The first-order valence-corrected chi connectivity index (χ1v) is 11.1. The van der Waals surface area contributed by atoms with Crippen molar-refractivity contribution in [2.75, 3.05) is 0 Å². The first-order chi connectivity index (χ1) is 13.8. The minimum Gasteiger partial charge on any atom is -0.480 e. The maximum Gasteiger partial charge on any atom is 0.319 e. The van der Waals surface area contributed by atoms with Crippen molar-refractivity contribution in [1.82, 2.24) is 9.88 Å². The summed E-state index contributed by atoms with van der Waals surface area (Å²) in [6.45, 7) is 3.30. The van der Waals surface area contributed by atoms with Crippen molar-refractivity contribution in [2.24, 2.45) is 0 Å². The molecular formula is C21H19ClN2O3S2. The van der Waals surface area contributed by atoms with Gasteiger partial charge in [0.05, 0.1) is 22.1 Å². The van der Waals surface area contributed by atoms with Crippen LogP contribution in [0.3, 0.4) is 0 Å². The molecule has 0 saturated heterocycles. The van der Waals surface area contributed by atoms with Crippen LogP contribution >= 0.6 is 34.7 Å². The summed E-state index contributed by atoms with van der Waals surface area (Å²) < 4.78 is -0.287. The Hall–Kier alpha value is -2.06. The van der Waals surface area contributed by atoms with Gasteiger partial charge in [0.15, 0.2) is 4.34 Å². The van der Waals surface area contributed by atoms with E-state index in [1.165, 1.54) is 23.1 Å². The number of benzene rings is 1. The first kappa shape index (κ1) is 20.2. The number of hydrogen-bond acceptors (Lipinski definition) is 6. The number of carboxylic acids is 1. The summed E-state index contributed by atoms with van der Waals surface area (Å²) in [5.41, 5.74) is 4.35. The molecule has 0 saturated carbocycles. The zero-order valence-corrected chi connectivity index (χ0v) is 18.2. The molecule has 2 aliphatic rings. The highest BCUT2D eigenvalue weighted by atomic mass is 35.5. The van der Waals surface area contributed by atoms with Gasteiger partial charge in [-0.3, -0.25) is 4.79 Å². The number of nitrogens with zero attached hydrogens (tertiary/aromatic N) is 2. The highest BCUT2D eigenvalue weighted by molar-refractivity contribution is 8.02. The zero-order chi connectivity index (χ0) is 20.8. The van der Waals surface area contributed by atoms with Gasteiger partial charge in [-0.05, 0) is 25.5 Å². The van der Waals surface area contributed by atoms with Gasteiger partial charge in [0.2, 0.25) is 0 Å². The number of fused-ring (bicyclic) bond motifs is 2. The molecule has 29 heavy (non-hydrogen) atoms. The van der Waals surface area contributed by atoms with Crippen LogP contribution < -0.4 is 0 Å². The van der Waals surface area contributed by atoms with E-state index in [2.05, 4.69) is 4.98 Å². The average Bonchev–Trinajstić information content (AvgIpc) is 3.13. The maximum absolute atomic E-state index is 11.3. The summed E-state index contributed by atoms with van der Waals surface area (Å²) in [5, 5.41) is 22.7. The molecule has 1 unspecified atom stereocenters. The number of carbonyl (C=O) groups is 1. The molecule has 5 nitrogen and oxygen atoms in total. The smallest absolute Gasteiger partial charge is 0.319 e. The molecule has 0 aliphatic carbocycles. The van der Waals surface area contributed by atoms with Gasteiger partial charge in [-0.25, -0.2) is 4.98 Å². The molecular weight excluding hydrogens is 428 g/mol. The van der Waals surface area contributed by atoms with Crippen molar-refractivity contribution in [2.45, 2.75) is 35.6 Å². The molecule has 0 fully saturated rings.